The van der Waals surface area contributed by atoms with Crippen molar-refractivity contribution in [3.63, 3.8) is 0 Å². The van der Waals surface area contributed by atoms with Gasteiger partial charge < -0.3 is 5.32 Å². The minimum Gasteiger partial charge on any atom is -0.355 e. The summed E-state index contributed by atoms with van der Waals surface area (Å²) in [5, 5.41) is 4.09. The molecule has 0 atom stereocenters. The molecule has 4 aromatic rings. The van der Waals surface area contributed by atoms with Crippen LogP contribution >= 0.6 is 34.9 Å². The molecule has 1 N–H and O–H groups in total. The molecule has 0 radical (unpaired) electrons. The van der Waals surface area contributed by atoms with Crippen molar-refractivity contribution in [1.82, 2.24) is 19.2 Å². The van der Waals surface area contributed by atoms with Gasteiger partial charge >= 0.3 is 0 Å². The molecule has 2 aromatic heterocycles. The Labute approximate surface area is 198 Å². The number of carbonyl (C=O) groups excluding carboxylic acids is 1. The summed E-state index contributed by atoms with van der Waals surface area (Å²) in [4.78, 5) is 29.8. The first-order valence-corrected chi connectivity index (χ1v) is 12.1. The highest BCUT2D eigenvalue weighted by atomic mass is 35.5. The Morgan fingerprint density at radius 1 is 1.16 bits per heavy atom. The number of carbonyl (C=O) groups is 1. The van der Waals surface area contributed by atoms with E-state index in [0.717, 1.165) is 34.6 Å². The molecular weight excluding hydrogens is 464 g/mol. The predicted molar refractivity (Wildman–Crippen MR) is 132 cm³/mol. The van der Waals surface area contributed by atoms with Gasteiger partial charge in [0.15, 0.2) is 5.16 Å². The van der Waals surface area contributed by atoms with Gasteiger partial charge in [-0.05, 0) is 42.6 Å². The third-order valence-corrected chi connectivity index (χ3v) is 7.07. The molecule has 2 aromatic carbocycles. The van der Waals surface area contributed by atoms with Crippen molar-refractivity contribution in [2.75, 3.05) is 12.3 Å². The molecule has 0 spiro atoms. The third kappa shape index (κ3) is 5.03. The highest BCUT2D eigenvalue weighted by Gasteiger charge is 2.17. The van der Waals surface area contributed by atoms with Crippen LogP contribution in [0.2, 0.25) is 5.02 Å². The topological polar surface area (TPSA) is 76.9 Å². The number of hydrogen-bond donors (Lipinski definition) is 1. The number of nitrogens with one attached hydrogen (secondary N) is 1. The van der Waals surface area contributed by atoms with Crippen LogP contribution in [-0.2, 0) is 18.3 Å². The lowest BCUT2D eigenvalue weighted by Crippen LogP contribution is -2.28. The van der Waals surface area contributed by atoms with Crippen LogP contribution < -0.4 is 10.9 Å². The van der Waals surface area contributed by atoms with Gasteiger partial charge in [0.2, 0.25) is 5.91 Å². The molecular formula is C23H21ClN4O2S2. The van der Waals surface area contributed by atoms with Gasteiger partial charge in [0.05, 0.1) is 5.75 Å². The Hall–Kier alpha value is -2.68. The maximum atomic E-state index is 12.8. The first kappa shape index (κ1) is 22.5. The molecule has 2 heterocycles. The number of hydrogen-bond acceptors (Lipinski definition) is 6. The van der Waals surface area contributed by atoms with Crippen molar-refractivity contribution >= 4 is 51.0 Å². The Morgan fingerprint density at radius 2 is 1.88 bits per heavy atom. The van der Waals surface area contributed by atoms with Crippen LogP contribution in [-0.4, -0.2) is 32.1 Å². The van der Waals surface area contributed by atoms with E-state index in [-0.39, 0.29) is 17.2 Å². The number of halogens is 1. The largest absolute Gasteiger partial charge is 0.355 e. The average Bonchev–Trinajstić information content (AvgIpc) is 3.21. The molecule has 0 fully saturated rings. The maximum absolute atomic E-state index is 12.8. The fourth-order valence-electron chi connectivity index (χ4n) is 3.15. The Balaban J connectivity index is 1.45. The summed E-state index contributed by atoms with van der Waals surface area (Å²) in [5.41, 5.74) is 4.28. The molecule has 1 amide bonds. The summed E-state index contributed by atoms with van der Waals surface area (Å²) in [5.74, 6) is 0.0598. The van der Waals surface area contributed by atoms with E-state index < -0.39 is 0 Å². The second kappa shape index (κ2) is 9.85. The molecule has 9 heteroatoms. The van der Waals surface area contributed by atoms with Gasteiger partial charge in [-0.2, -0.15) is 4.37 Å². The Bertz CT molecular complexity index is 1320. The number of amides is 1. The van der Waals surface area contributed by atoms with Crippen molar-refractivity contribution in [2.24, 2.45) is 7.05 Å². The first-order chi connectivity index (χ1) is 15.4. The zero-order chi connectivity index (χ0) is 22.7. The standard InChI is InChI=1S/C23H21ClN4O2S2/c1-14-3-7-16(8-4-14)19-20-21(32-27-19)22(30)28(2)23(26-20)31-13-18(29)25-12-11-15-5-9-17(24)10-6-15/h3-10H,11-13H2,1-2H3,(H,25,29). The van der Waals surface area contributed by atoms with E-state index in [9.17, 15) is 9.59 Å². The lowest BCUT2D eigenvalue weighted by molar-refractivity contribution is -0.118. The van der Waals surface area contributed by atoms with E-state index in [0.29, 0.717) is 32.6 Å². The SMILES string of the molecule is Cc1ccc(-c2nsc3c(=O)n(C)c(SCC(=O)NCCc4ccc(Cl)cc4)nc23)cc1. The second-order valence-corrected chi connectivity index (χ2v) is 9.50. The number of fused-ring (bicyclic) bond motifs is 1. The van der Waals surface area contributed by atoms with Crippen molar-refractivity contribution in [3.05, 3.63) is 75.0 Å². The highest BCUT2D eigenvalue weighted by Crippen LogP contribution is 2.29. The van der Waals surface area contributed by atoms with Crippen LogP contribution in [0.5, 0.6) is 0 Å². The summed E-state index contributed by atoms with van der Waals surface area (Å²) < 4.78 is 6.47. The van der Waals surface area contributed by atoms with Gasteiger partial charge in [-0.15, -0.1) is 0 Å². The number of benzene rings is 2. The number of rotatable bonds is 7. The van der Waals surface area contributed by atoms with E-state index >= 15 is 0 Å². The van der Waals surface area contributed by atoms with Crippen molar-refractivity contribution in [2.45, 2.75) is 18.5 Å². The number of aryl methyl sites for hydroxylation is 1. The van der Waals surface area contributed by atoms with Crippen LogP contribution in [0.3, 0.4) is 0 Å². The summed E-state index contributed by atoms with van der Waals surface area (Å²) in [6.45, 7) is 2.55. The quantitative estimate of drug-likeness (QED) is 0.309. The zero-order valence-corrected chi connectivity index (χ0v) is 20.0. The van der Waals surface area contributed by atoms with Gasteiger partial charge in [-0.3, -0.25) is 14.2 Å². The Kier molecular flexibility index (Phi) is 6.93. The molecule has 0 aliphatic rings. The fraction of sp³-hybridized carbons (Fsp3) is 0.217. The molecule has 164 valence electrons. The van der Waals surface area contributed by atoms with E-state index in [1.54, 1.807) is 7.05 Å². The normalized spacial score (nSPS) is 11.1. The van der Waals surface area contributed by atoms with Crippen molar-refractivity contribution in [3.8, 4) is 11.3 Å². The molecule has 32 heavy (non-hydrogen) atoms. The molecule has 0 unspecified atom stereocenters. The molecule has 4 rings (SSSR count). The van der Waals surface area contributed by atoms with Gasteiger partial charge in [-0.1, -0.05) is 65.3 Å². The first-order valence-electron chi connectivity index (χ1n) is 10.00. The summed E-state index contributed by atoms with van der Waals surface area (Å²) in [7, 11) is 1.67. The molecule has 6 nitrogen and oxygen atoms in total. The maximum Gasteiger partial charge on any atom is 0.273 e. The predicted octanol–water partition coefficient (Wildman–Crippen LogP) is 4.47. The highest BCUT2D eigenvalue weighted by molar-refractivity contribution is 7.99. The van der Waals surface area contributed by atoms with E-state index in [1.807, 2.05) is 55.5 Å². The monoisotopic (exact) mass is 484 g/mol. The van der Waals surface area contributed by atoms with Crippen LogP contribution in [0.15, 0.2) is 58.5 Å². The van der Waals surface area contributed by atoms with Crippen LogP contribution in [0.25, 0.3) is 21.5 Å². The van der Waals surface area contributed by atoms with Crippen LogP contribution in [0, 0.1) is 6.92 Å². The van der Waals surface area contributed by atoms with Crippen LogP contribution in [0.4, 0.5) is 0 Å². The number of aromatic nitrogens is 3. The van der Waals surface area contributed by atoms with Crippen molar-refractivity contribution in [1.29, 1.82) is 0 Å². The minimum absolute atomic E-state index is 0.111. The summed E-state index contributed by atoms with van der Waals surface area (Å²) in [6, 6.07) is 15.5. The smallest absolute Gasteiger partial charge is 0.273 e. The number of nitrogens with zero attached hydrogens (tertiary/aromatic N) is 3. The molecule has 0 saturated carbocycles. The number of thioether (sulfide) groups is 1. The molecule has 0 bridgehead atoms. The van der Waals surface area contributed by atoms with Gasteiger partial charge in [0, 0.05) is 24.2 Å². The van der Waals surface area contributed by atoms with E-state index in [4.69, 9.17) is 11.6 Å². The summed E-state index contributed by atoms with van der Waals surface area (Å²) in [6.07, 6.45) is 0.719. The lowest BCUT2D eigenvalue weighted by Gasteiger charge is -2.08. The minimum atomic E-state index is -0.156. The third-order valence-electron chi connectivity index (χ3n) is 4.97. The Morgan fingerprint density at radius 3 is 2.59 bits per heavy atom. The van der Waals surface area contributed by atoms with Crippen molar-refractivity contribution < 1.29 is 4.79 Å². The van der Waals surface area contributed by atoms with E-state index in [1.165, 1.54) is 16.3 Å². The molecule has 0 aliphatic carbocycles. The molecule has 0 aliphatic heterocycles. The van der Waals surface area contributed by atoms with Gasteiger partial charge in [0.25, 0.3) is 5.56 Å². The average molecular weight is 485 g/mol. The van der Waals surface area contributed by atoms with Gasteiger partial charge in [-0.25, -0.2) is 4.98 Å². The molecule has 0 saturated heterocycles. The fourth-order valence-corrected chi connectivity index (χ4v) is 4.89. The van der Waals surface area contributed by atoms with Crippen LogP contribution in [0.1, 0.15) is 11.1 Å². The lowest BCUT2D eigenvalue weighted by atomic mass is 10.1. The second-order valence-electron chi connectivity index (χ2n) is 7.35. The van der Waals surface area contributed by atoms with E-state index in [2.05, 4.69) is 14.7 Å². The summed E-state index contributed by atoms with van der Waals surface area (Å²) >= 11 is 8.29. The zero-order valence-electron chi connectivity index (χ0n) is 17.6. The van der Waals surface area contributed by atoms with Gasteiger partial charge in [0.1, 0.15) is 15.9 Å².